The molecule has 25 heavy (non-hydrogen) atoms. The number of amides is 1. The van der Waals surface area contributed by atoms with E-state index in [-0.39, 0.29) is 11.9 Å². The summed E-state index contributed by atoms with van der Waals surface area (Å²) in [4.78, 5) is 14.5. The lowest BCUT2D eigenvalue weighted by atomic mass is 10.1. The van der Waals surface area contributed by atoms with Crippen molar-refractivity contribution >= 4 is 11.6 Å². The lowest BCUT2D eigenvalue weighted by Crippen LogP contribution is -2.39. The minimum Gasteiger partial charge on any atom is -0.490 e. The molecule has 1 atom stereocenters. The molecule has 0 radical (unpaired) electrons. The zero-order chi connectivity index (χ0) is 18.2. The van der Waals surface area contributed by atoms with E-state index in [1.54, 1.807) is 6.08 Å². The van der Waals surface area contributed by atoms with Crippen LogP contribution in [0.5, 0.6) is 5.75 Å². The van der Waals surface area contributed by atoms with Crippen LogP contribution in [0.3, 0.4) is 0 Å². The Kier molecular flexibility index (Phi) is 6.78. The smallest absolute Gasteiger partial charge is 0.241 e. The van der Waals surface area contributed by atoms with Crippen molar-refractivity contribution in [3.8, 4) is 5.75 Å². The van der Waals surface area contributed by atoms with Crippen LogP contribution in [0.25, 0.3) is 0 Å². The van der Waals surface area contributed by atoms with E-state index in [0.29, 0.717) is 13.2 Å². The lowest BCUT2D eigenvalue weighted by molar-refractivity contribution is -0.120. The summed E-state index contributed by atoms with van der Waals surface area (Å²) < 4.78 is 5.48. The molecule has 0 aromatic heterocycles. The summed E-state index contributed by atoms with van der Waals surface area (Å²) in [5.41, 5.74) is 3.04. The summed E-state index contributed by atoms with van der Waals surface area (Å²) in [5, 5.41) is 3.00. The average Bonchev–Trinajstić information content (AvgIpc) is 2.62. The fraction of sp³-hybridized carbons (Fsp3) is 0.286. The van der Waals surface area contributed by atoms with E-state index in [4.69, 9.17) is 4.74 Å². The number of anilines is 1. The van der Waals surface area contributed by atoms with Crippen molar-refractivity contribution in [2.75, 3.05) is 19.0 Å². The molecular weight excluding hydrogens is 312 g/mol. The standard InChI is InChI=1S/C21H26N2O2/c1-5-14-25-19-12-10-18(11-13-19)15-23(4)17(3)21(24)22-20-9-7-6-8-16(20)2/h5-13,17H,1,14-15H2,2-4H3,(H,22,24). The number of likely N-dealkylation sites (N-methyl/N-ethyl adjacent to an activating group) is 1. The molecule has 0 saturated carbocycles. The van der Waals surface area contributed by atoms with Gasteiger partial charge in [-0.15, -0.1) is 0 Å². The SMILES string of the molecule is C=CCOc1ccc(CN(C)C(C)C(=O)Nc2ccccc2C)cc1. The highest BCUT2D eigenvalue weighted by atomic mass is 16.5. The number of carbonyl (C=O) groups excluding carboxylic acids is 1. The molecule has 1 N–H and O–H groups in total. The number of para-hydroxylation sites is 1. The molecule has 0 spiro atoms. The number of carbonyl (C=O) groups is 1. The largest absolute Gasteiger partial charge is 0.490 e. The summed E-state index contributed by atoms with van der Waals surface area (Å²) in [6.07, 6.45) is 1.72. The van der Waals surface area contributed by atoms with Gasteiger partial charge in [0.2, 0.25) is 5.91 Å². The van der Waals surface area contributed by atoms with Crippen LogP contribution >= 0.6 is 0 Å². The van der Waals surface area contributed by atoms with Crippen LogP contribution in [0.1, 0.15) is 18.1 Å². The first-order valence-corrected chi connectivity index (χ1v) is 8.40. The molecule has 2 aromatic carbocycles. The van der Waals surface area contributed by atoms with Crippen LogP contribution in [-0.4, -0.2) is 30.5 Å². The second-order valence-corrected chi connectivity index (χ2v) is 6.14. The van der Waals surface area contributed by atoms with Crippen molar-refractivity contribution in [3.63, 3.8) is 0 Å². The number of benzene rings is 2. The summed E-state index contributed by atoms with van der Waals surface area (Å²) in [5.74, 6) is 0.805. The van der Waals surface area contributed by atoms with Gasteiger partial charge >= 0.3 is 0 Å². The first kappa shape index (κ1) is 18.7. The van der Waals surface area contributed by atoms with Gasteiger partial charge in [0.05, 0.1) is 6.04 Å². The van der Waals surface area contributed by atoms with E-state index in [1.165, 1.54) is 0 Å². The molecule has 4 heteroatoms. The van der Waals surface area contributed by atoms with Gasteiger partial charge in [-0.3, -0.25) is 9.69 Å². The van der Waals surface area contributed by atoms with E-state index in [1.807, 2.05) is 74.3 Å². The molecule has 2 rings (SSSR count). The summed E-state index contributed by atoms with van der Waals surface area (Å²) in [7, 11) is 1.95. The predicted molar refractivity (Wildman–Crippen MR) is 103 cm³/mol. The number of rotatable bonds is 8. The van der Waals surface area contributed by atoms with Crippen molar-refractivity contribution in [1.29, 1.82) is 0 Å². The molecular formula is C21H26N2O2. The van der Waals surface area contributed by atoms with Gasteiger partial charge in [0, 0.05) is 12.2 Å². The third kappa shape index (κ3) is 5.47. The highest BCUT2D eigenvalue weighted by Crippen LogP contribution is 2.16. The summed E-state index contributed by atoms with van der Waals surface area (Å²) >= 11 is 0. The van der Waals surface area contributed by atoms with Crippen molar-refractivity contribution < 1.29 is 9.53 Å². The van der Waals surface area contributed by atoms with Gasteiger partial charge in [0.15, 0.2) is 0 Å². The highest BCUT2D eigenvalue weighted by Gasteiger charge is 2.18. The first-order valence-electron chi connectivity index (χ1n) is 8.40. The number of hydrogen-bond donors (Lipinski definition) is 1. The zero-order valence-electron chi connectivity index (χ0n) is 15.2. The Hall–Kier alpha value is -2.59. The molecule has 132 valence electrons. The van der Waals surface area contributed by atoms with Gasteiger partial charge in [-0.25, -0.2) is 0 Å². The second-order valence-electron chi connectivity index (χ2n) is 6.14. The third-order valence-electron chi connectivity index (χ3n) is 4.17. The third-order valence-corrected chi connectivity index (χ3v) is 4.17. The monoisotopic (exact) mass is 338 g/mol. The van der Waals surface area contributed by atoms with Crippen molar-refractivity contribution in [2.45, 2.75) is 26.4 Å². The molecule has 2 aromatic rings. The topological polar surface area (TPSA) is 41.6 Å². The van der Waals surface area contributed by atoms with E-state index in [0.717, 1.165) is 22.6 Å². The van der Waals surface area contributed by atoms with Crippen LogP contribution in [-0.2, 0) is 11.3 Å². The second kappa shape index (κ2) is 9.04. The Balaban J connectivity index is 1.92. The van der Waals surface area contributed by atoms with E-state index in [9.17, 15) is 4.79 Å². The molecule has 0 bridgehead atoms. The molecule has 1 amide bonds. The van der Waals surface area contributed by atoms with Crippen LogP contribution in [0, 0.1) is 6.92 Å². The molecule has 0 aliphatic heterocycles. The zero-order valence-corrected chi connectivity index (χ0v) is 15.2. The van der Waals surface area contributed by atoms with Crippen LogP contribution in [0.15, 0.2) is 61.2 Å². The van der Waals surface area contributed by atoms with Crippen LogP contribution in [0.4, 0.5) is 5.69 Å². The number of aryl methyl sites for hydroxylation is 1. The lowest BCUT2D eigenvalue weighted by Gasteiger charge is -2.24. The quantitative estimate of drug-likeness (QED) is 0.739. The Bertz CT molecular complexity index is 710. The van der Waals surface area contributed by atoms with Gasteiger partial charge in [-0.2, -0.15) is 0 Å². The van der Waals surface area contributed by atoms with E-state index >= 15 is 0 Å². The molecule has 0 aliphatic rings. The van der Waals surface area contributed by atoms with Gasteiger partial charge in [-0.1, -0.05) is 43.0 Å². The van der Waals surface area contributed by atoms with Crippen molar-refractivity contribution in [3.05, 3.63) is 72.3 Å². The molecule has 4 nitrogen and oxygen atoms in total. The van der Waals surface area contributed by atoms with Gasteiger partial charge < -0.3 is 10.1 Å². The Labute approximate surface area is 150 Å². The molecule has 1 unspecified atom stereocenters. The maximum atomic E-state index is 12.5. The van der Waals surface area contributed by atoms with Gasteiger partial charge in [0.1, 0.15) is 12.4 Å². The van der Waals surface area contributed by atoms with Crippen LogP contribution in [0.2, 0.25) is 0 Å². The van der Waals surface area contributed by atoms with E-state index < -0.39 is 0 Å². The maximum Gasteiger partial charge on any atom is 0.241 e. The molecule has 0 saturated heterocycles. The Morgan fingerprint density at radius 3 is 2.56 bits per heavy atom. The maximum absolute atomic E-state index is 12.5. The average molecular weight is 338 g/mol. The predicted octanol–water partition coefficient (Wildman–Crippen LogP) is 4.02. The normalized spacial score (nSPS) is 11.8. The van der Waals surface area contributed by atoms with Crippen LogP contribution < -0.4 is 10.1 Å². The molecule has 0 aliphatic carbocycles. The fourth-order valence-electron chi connectivity index (χ4n) is 2.42. The van der Waals surface area contributed by atoms with Gasteiger partial charge in [0.25, 0.3) is 0 Å². The Morgan fingerprint density at radius 2 is 1.92 bits per heavy atom. The first-order chi connectivity index (χ1) is 12.0. The van der Waals surface area contributed by atoms with Gasteiger partial charge in [-0.05, 0) is 50.2 Å². The van der Waals surface area contributed by atoms with Crippen molar-refractivity contribution in [1.82, 2.24) is 4.90 Å². The van der Waals surface area contributed by atoms with E-state index in [2.05, 4.69) is 11.9 Å². The number of nitrogens with zero attached hydrogens (tertiary/aromatic N) is 1. The molecule has 0 fully saturated rings. The summed E-state index contributed by atoms with van der Waals surface area (Å²) in [6.45, 7) is 8.71. The minimum atomic E-state index is -0.240. The minimum absolute atomic E-state index is 0.0114. The fourth-order valence-corrected chi connectivity index (χ4v) is 2.42. The van der Waals surface area contributed by atoms with Crippen molar-refractivity contribution in [2.24, 2.45) is 0 Å². The number of nitrogens with one attached hydrogen (secondary N) is 1. The highest BCUT2D eigenvalue weighted by molar-refractivity contribution is 5.95. The number of ether oxygens (including phenoxy) is 1. The molecule has 0 heterocycles. The number of hydrogen-bond acceptors (Lipinski definition) is 3. The Morgan fingerprint density at radius 1 is 1.24 bits per heavy atom. The summed E-state index contributed by atoms with van der Waals surface area (Å²) in [6, 6.07) is 15.5.